The van der Waals surface area contributed by atoms with Crippen molar-refractivity contribution in [2.45, 2.75) is 25.2 Å². The zero-order chi connectivity index (χ0) is 16.0. The van der Waals surface area contributed by atoms with Crippen LogP contribution in [0, 0.1) is 0 Å². The van der Waals surface area contributed by atoms with E-state index in [2.05, 4.69) is 13.5 Å². The summed E-state index contributed by atoms with van der Waals surface area (Å²) in [5, 5.41) is 0. The molecule has 2 aromatic carbocycles. The molecule has 0 aliphatic carbocycles. The lowest BCUT2D eigenvalue weighted by Gasteiger charge is -2.31. The maximum absolute atomic E-state index is 13.2. The summed E-state index contributed by atoms with van der Waals surface area (Å²) in [4.78, 5) is 13.2. The van der Waals surface area contributed by atoms with Crippen molar-refractivity contribution < 1.29 is 9.53 Å². The summed E-state index contributed by atoms with van der Waals surface area (Å²) >= 11 is 0. The van der Waals surface area contributed by atoms with Crippen LogP contribution in [-0.2, 0) is 5.41 Å². The molecule has 2 heteroatoms. The van der Waals surface area contributed by atoms with E-state index < -0.39 is 5.41 Å². The van der Waals surface area contributed by atoms with Crippen LogP contribution in [0.2, 0.25) is 0 Å². The summed E-state index contributed by atoms with van der Waals surface area (Å²) in [5.74, 6) is 0.880. The van der Waals surface area contributed by atoms with Gasteiger partial charge in [-0.15, -0.1) is 6.58 Å². The Balaban J connectivity index is 2.48. The first-order valence-electron chi connectivity index (χ1n) is 7.53. The number of hydrogen-bond donors (Lipinski definition) is 0. The van der Waals surface area contributed by atoms with Gasteiger partial charge in [0.15, 0.2) is 5.78 Å². The molecular weight excluding hydrogens is 272 g/mol. The molecule has 0 aliphatic heterocycles. The summed E-state index contributed by atoms with van der Waals surface area (Å²) in [7, 11) is 1.62. The average Bonchev–Trinajstić information content (AvgIpc) is 2.60. The number of carbonyl (C=O) groups excluding carboxylic acids is 1. The molecule has 0 aromatic heterocycles. The van der Waals surface area contributed by atoms with Gasteiger partial charge in [-0.1, -0.05) is 43.3 Å². The van der Waals surface area contributed by atoms with Crippen LogP contribution in [0.5, 0.6) is 5.75 Å². The zero-order valence-corrected chi connectivity index (χ0v) is 13.2. The van der Waals surface area contributed by atoms with Crippen molar-refractivity contribution in [2.24, 2.45) is 0 Å². The van der Waals surface area contributed by atoms with Crippen molar-refractivity contribution in [1.82, 2.24) is 0 Å². The van der Waals surface area contributed by atoms with E-state index in [-0.39, 0.29) is 5.78 Å². The van der Waals surface area contributed by atoms with Crippen LogP contribution in [0.3, 0.4) is 0 Å². The third-order valence-corrected chi connectivity index (χ3v) is 4.21. The fourth-order valence-corrected chi connectivity index (χ4v) is 2.87. The summed E-state index contributed by atoms with van der Waals surface area (Å²) in [5.41, 5.74) is 1.18. The SMILES string of the molecule is C=CC[C@@](CC)(C(=O)c1ccc(OC)cc1)c1ccccc1. The molecule has 0 fully saturated rings. The molecule has 0 heterocycles. The monoisotopic (exact) mass is 294 g/mol. The van der Waals surface area contributed by atoms with E-state index in [1.54, 1.807) is 7.11 Å². The molecular formula is C20H22O2. The van der Waals surface area contributed by atoms with Gasteiger partial charge in [-0.25, -0.2) is 0 Å². The number of rotatable bonds is 7. The third-order valence-electron chi connectivity index (χ3n) is 4.21. The lowest BCUT2D eigenvalue weighted by atomic mass is 9.70. The lowest BCUT2D eigenvalue weighted by Crippen LogP contribution is -2.35. The van der Waals surface area contributed by atoms with Crippen molar-refractivity contribution in [3.05, 3.63) is 78.4 Å². The first-order chi connectivity index (χ1) is 10.7. The lowest BCUT2D eigenvalue weighted by molar-refractivity contribution is 0.0879. The Morgan fingerprint density at radius 2 is 1.77 bits per heavy atom. The van der Waals surface area contributed by atoms with Gasteiger partial charge in [0, 0.05) is 5.56 Å². The number of ether oxygens (including phenoxy) is 1. The van der Waals surface area contributed by atoms with Crippen LogP contribution < -0.4 is 4.74 Å². The fourth-order valence-electron chi connectivity index (χ4n) is 2.87. The van der Waals surface area contributed by atoms with Crippen LogP contribution in [0.1, 0.15) is 35.7 Å². The van der Waals surface area contributed by atoms with Gasteiger partial charge in [-0.2, -0.15) is 0 Å². The maximum Gasteiger partial charge on any atom is 0.173 e. The van der Waals surface area contributed by atoms with Crippen molar-refractivity contribution in [3.63, 3.8) is 0 Å². The number of benzene rings is 2. The predicted octanol–water partition coefficient (Wildman–Crippen LogP) is 4.80. The van der Waals surface area contributed by atoms with E-state index in [1.165, 1.54) is 0 Å². The molecule has 0 aliphatic rings. The van der Waals surface area contributed by atoms with Gasteiger partial charge in [-0.05, 0) is 42.7 Å². The normalized spacial score (nSPS) is 13.2. The van der Waals surface area contributed by atoms with Crippen LogP contribution in [0.25, 0.3) is 0 Å². The second-order valence-electron chi connectivity index (χ2n) is 5.35. The molecule has 0 N–H and O–H groups in total. The number of methoxy groups -OCH3 is 1. The number of carbonyl (C=O) groups is 1. The summed E-state index contributed by atoms with van der Waals surface area (Å²) in [6.45, 7) is 5.90. The third kappa shape index (κ3) is 2.96. The van der Waals surface area contributed by atoms with Gasteiger partial charge >= 0.3 is 0 Å². The van der Waals surface area contributed by atoms with E-state index in [9.17, 15) is 4.79 Å². The maximum atomic E-state index is 13.2. The molecule has 2 nitrogen and oxygen atoms in total. The average molecular weight is 294 g/mol. The Bertz CT molecular complexity index is 629. The summed E-state index contributed by atoms with van der Waals surface area (Å²) in [6, 6.07) is 17.3. The molecule has 0 amide bonds. The molecule has 0 unspecified atom stereocenters. The predicted molar refractivity (Wildman–Crippen MR) is 90.5 cm³/mol. The zero-order valence-electron chi connectivity index (χ0n) is 13.2. The second-order valence-corrected chi connectivity index (χ2v) is 5.35. The molecule has 1 atom stereocenters. The molecule has 2 rings (SSSR count). The van der Waals surface area contributed by atoms with E-state index in [4.69, 9.17) is 4.74 Å². The van der Waals surface area contributed by atoms with E-state index in [1.807, 2.05) is 60.7 Å². The van der Waals surface area contributed by atoms with Crippen molar-refractivity contribution in [3.8, 4) is 5.75 Å². The van der Waals surface area contributed by atoms with Gasteiger partial charge in [0.2, 0.25) is 0 Å². The Morgan fingerprint density at radius 1 is 1.14 bits per heavy atom. The molecule has 0 radical (unpaired) electrons. The van der Waals surface area contributed by atoms with E-state index in [0.29, 0.717) is 12.0 Å². The minimum absolute atomic E-state index is 0.128. The Hall–Kier alpha value is -2.35. The quantitative estimate of drug-likeness (QED) is 0.541. The molecule has 0 saturated carbocycles. The molecule has 22 heavy (non-hydrogen) atoms. The summed E-state index contributed by atoms with van der Waals surface area (Å²) in [6.07, 6.45) is 3.18. The first kappa shape index (κ1) is 16.0. The van der Waals surface area contributed by atoms with Gasteiger partial charge in [0.1, 0.15) is 5.75 Å². The van der Waals surface area contributed by atoms with Crippen LogP contribution >= 0.6 is 0 Å². The van der Waals surface area contributed by atoms with Crippen molar-refractivity contribution >= 4 is 5.78 Å². The van der Waals surface area contributed by atoms with Crippen LogP contribution in [0.4, 0.5) is 0 Å². The fraction of sp³-hybridized carbons (Fsp3) is 0.250. The van der Waals surface area contributed by atoms with Gasteiger partial charge in [0.25, 0.3) is 0 Å². The number of allylic oxidation sites excluding steroid dienone is 1. The Kier molecular flexibility index (Phi) is 5.16. The number of Topliss-reactive ketones (excluding diaryl/α,β-unsaturated/α-hetero) is 1. The van der Waals surface area contributed by atoms with Crippen molar-refractivity contribution in [1.29, 1.82) is 0 Å². The highest BCUT2D eigenvalue weighted by Gasteiger charge is 2.37. The number of hydrogen-bond acceptors (Lipinski definition) is 2. The molecule has 2 aromatic rings. The van der Waals surface area contributed by atoms with Gasteiger partial charge in [-0.3, -0.25) is 4.79 Å². The Morgan fingerprint density at radius 3 is 2.27 bits per heavy atom. The van der Waals surface area contributed by atoms with E-state index >= 15 is 0 Å². The van der Waals surface area contributed by atoms with Gasteiger partial charge in [0.05, 0.1) is 12.5 Å². The van der Waals surface area contributed by atoms with Gasteiger partial charge < -0.3 is 4.74 Å². The second kappa shape index (κ2) is 7.08. The highest BCUT2D eigenvalue weighted by Crippen LogP contribution is 2.36. The largest absolute Gasteiger partial charge is 0.497 e. The first-order valence-corrected chi connectivity index (χ1v) is 7.53. The topological polar surface area (TPSA) is 26.3 Å². The summed E-state index contributed by atoms with van der Waals surface area (Å²) < 4.78 is 5.17. The van der Waals surface area contributed by atoms with E-state index in [0.717, 1.165) is 17.7 Å². The molecule has 114 valence electrons. The molecule has 0 spiro atoms. The van der Waals surface area contributed by atoms with Crippen molar-refractivity contribution in [2.75, 3.05) is 7.11 Å². The minimum Gasteiger partial charge on any atom is -0.497 e. The minimum atomic E-state index is -0.558. The number of ketones is 1. The standard InChI is InChI=1S/C20H22O2/c1-4-15-20(5-2,17-9-7-6-8-10-17)19(21)16-11-13-18(22-3)14-12-16/h4,6-14H,1,5,15H2,2-3H3/t20-/m1/s1. The smallest absolute Gasteiger partial charge is 0.173 e. The van der Waals surface area contributed by atoms with Crippen LogP contribution in [0.15, 0.2) is 67.3 Å². The molecule has 0 saturated heterocycles. The Labute approximate surface area is 132 Å². The molecule has 0 bridgehead atoms. The van der Waals surface area contributed by atoms with Crippen LogP contribution in [-0.4, -0.2) is 12.9 Å². The highest BCUT2D eigenvalue weighted by atomic mass is 16.5. The highest BCUT2D eigenvalue weighted by molar-refractivity contribution is 6.04.